The monoisotopic (exact) mass is 434 g/mol. The van der Waals surface area contributed by atoms with E-state index in [1.165, 1.54) is 0 Å². The van der Waals surface area contributed by atoms with E-state index in [2.05, 4.69) is 33.2 Å². The number of alkyl halides is 3. The highest BCUT2D eigenvalue weighted by Gasteiger charge is 2.30. The van der Waals surface area contributed by atoms with Crippen molar-refractivity contribution in [1.82, 2.24) is 0 Å². The molecule has 23 heavy (non-hydrogen) atoms. The molecule has 4 nitrogen and oxygen atoms in total. The highest BCUT2D eigenvalue weighted by atomic mass is 127. The van der Waals surface area contributed by atoms with Gasteiger partial charge in [-0.3, -0.25) is 9.59 Å². The van der Waals surface area contributed by atoms with Gasteiger partial charge in [-0.15, -0.1) is 0 Å². The molecule has 2 N–H and O–H groups in total. The minimum absolute atomic E-state index is 0.0979. The fraction of sp³-hybridized carbons (Fsp3) is 0.0667. The van der Waals surface area contributed by atoms with Crippen molar-refractivity contribution in [3.05, 3.63) is 57.7 Å². The molecule has 8 heteroatoms. The average molecular weight is 434 g/mol. The molecule has 0 atom stereocenters. The predicted molar refractivity (Wildman–Crippen MR) is 87.9 cm³/mol. The van der Waals surface area contributed by atoms with E-state index in [4.69, 9.17) is 0 Å². The Bertz CT molecular complexity index is 713. The summed E-state index contributed by atoms with van der Waals surface area (Å²) in [5.41, 5.74) is -0.294. The van der Waals surface area contributed by atoms with E-state index < -0.39 is 23.6 Å². The number of anilines is 2. The number of carbonyl (C=O) groups is 2. The van der Waals surface area contributed by atoms with Gasteiger partial charge in [-0.2, -0.15) is 13.2 Å². The van der Waals surface area contributed by atoms with Crippen LogP contribution in [-0.2, 0) is 15.8 Å². The Balaban J connectivity index is 1.98. The Kier molecular flexibility index (Phi) is 5.24. The van der Waals surface area contributed by atoms with Crippen LogP contribution in [0.2, 0.25) is 0 Å². The highest BCUT2D eigenvalue weighted by molar-refractivity contribution is 14.1. The van der Waals surface area contributed by atoms with Crippen molar-refractivity contribution in [2.75, 3.05) is 10.6 Å². The predicted octanol–water partition coefficient (Wildman–Crippen LogP) is 3.89. The minimum Gasteiger partial charge on any atom is -0.318 e. The first-order valence-electron chi connectivity index (χ1n) is 6.31. The minimum atomic E-state index is -4.45. The first-order valence-corrected chi connectivity index (χ1v) is 7.39. The third kappa shape index (κ3) is 4.95. The zero-order chi connectivity index (χ0) is 17.0. The molecule has 0 aliphatic rings. The lowest BCUT2D eigenvalue weighted by Crippen LogP contribution is -2.29. The lowest BCUT2D eigenvalue weighted by molar-refractivity contribution is -0.137. The van der Waals surface area contributed by atoms with Crippen LogP contribution in [0.5, 0.6) is 0 Å². The third-order valence-electron chi connectivity index (χ3n) is 2.78. The third-order valence-corrected chi connectivity index (χ3v) is 3.50. The summed E-state index contributed by atoms with van der Waals surface area (Å²) in [6, 6.07) is 10.6. The lowest BCUT2D eigenvalue weighted by atomic mass is 10.2. The molecule has 0 saturated heterocycles. The number of amides is 2. The maximum absolute atomic E-state index is 12.4. The first-order chi connectivity index (χ1) is 10.8. The van der Waals surface area contributed by atoms with Gasteiger partial charge < -0.3 is 10.6 Å². The van der Waals surface area contributed by atoms with Crippen molar-refractivity contribution < 1.29 is 22.8 Å². The van der Waals surface area contributed by atoms with E-state index in [9.17, 15) is 22.8 Å². The van der Waals surface area contributed by atoms with E-state index in [-0.39, 0.29) is 5.69 Å². The SMILES string of the molecule is O=C(Nc1ccc(I)cc1)C(=O)Nc1ccc(C(F)(F)F)cc1. The molecule has 2 amide bonds. The van der Waals surface area contributed by atoms with Crippen LogP contribution in [0.3, 0.4) is 0 Å². The van der Waals surface area contributed by atoms with Crippen LogP contribution in [-0.4, -0.2) is 11.8 Å². The second-order valence-electron chi connectivity index (χ2n) is 4.49. The van der Waals surface area contributed by atoms with E-state index in [1.807, 2.05) is 0 Å². The van der Waals surface area contributed by atoms with E-state index >= 15 is 0 Å². The van der Waals surface area contributed by atoms with Gasteiger partial charge in [0.15, 0.2) is 0 Å². The van der Waals surface area contributed by atoms with Crippen LogP contribution in [0.25, 0.3) is 0 Å². The van der Waals surface area contributed by atoms with Crippen molar-refractivity contribution in [2.24, 2.45) is 0 Å². The van der Waals surface area contributed by atoms with Crippen LogP contribution in [0, 0.1) is 3.57 Å². The lowest BCUT2D eigenvalue weighted by Gasteiger charge is -2.09. The number of nitrogens with one attached hydrogen (secondary N) is 2. The summed E-state index contributed by atoms with van der Waals surface area (Å²) in [7, 11) is 0. The molecule has 0 aliphatic heterocycles. The zero-order valence-corrected chi connectivity index (χ0v) is 13.6. The largest absolute Gasteiger partial charge is 0.416 e. The average Bonchev–Trinajstić information content (AvgIpc) is 2.49. The molecule has 0 heterocycles. The van der Waals surface area contributed by atoms with Crippen LogP contribution < -0.4 is 10.6 Å². The Labute approximate surface area is 143 Å². The van der Waals surface area contributed by atoms with Crippen molar-refractivity contribution in [3.63, 3.8) is 0 Å². The van der Waals surface area contributed by atoms with E-state index in [0.29, 0.717) is 5.69 Å². The first kappa shape index (κ1) is 17.3. The summed E-state index contributed by atoms with van der Waals surface area (Å²) in [6.07, 6.45) is -4.45. The number of rotatable bonds is 2. The molecular formula is C15H10F3IN2O2. The highest BCUT2D eigenvalue weighted by Crippen LogP contribution is 2.29. The van der Waals surface area contributed by atoms with Gasteiger partial charge in [0.05, 0.1) is 5.56 Å². The molecule has 0 radical (unpaired) electrons. The molecule has 0 aromatic heterocycles. The molecule has 2 rings (SSSR count). The van der Waals surface area contributed by atoms with Gasteiger partial charge >= 0.3 is 18.0 Å². The van der Waals surface area contributed by atoms with Crippen molar-refractivity contribution in [3.8, 4) is 0 Å². The molecule has 120 valence electrons. The fourth-order valence-corrected chi connectivity index (χ4v) is 2.01. The summed E-state index contributed by atoms with van der Waals surface area (Å²) in [5, 5.41) is 4.62. The van der Waals surface area contributed by atoms with Gasteiger partial charge in [0.1, 0.15) is 0 Å². The Hall–Kier alpha value is -2.10. The summed E-state index contributed by atoms with van der Waals surface area (Å²) in [5.74, 6) is -1.88. The normalized spacial score (nSPS) is 11.0. The number of benzene rings is 2. The summed E-state index contributed by atoms with van der Waals surface area (Å²) >= 11 is 2.09. The fourth-order valence-electron chi connectivity index (χ4n) is 1.65. The maximum Gasteiger partial charge on any atom is 0.416 e. The smallest absolute Gasteiger partial charge is 0.318 e. The van der Waals surface area contributed by atoms with Crippen LogP contribution in [0.1, 0.15) is 5.56 Å². The van der Waals surface area contributed by atoms with Gasteiger partial charge in [0.2, 0.25) is 0 Å². The van der Waals surface area contributed by atoms with Crippen LogP contribution in [0.4, 0.5) is 24.5 Å². The van der Waals surface area contributed by atoms with Crippen molar-refractivity contribution in [2.45, 2.75) is 6.18 Å². The van der Waals surface area contributed by atoms with Crippen LogP contribution in [0.15, 0.2) is 48.5 Å². The van der Waals surface area contributed by atoms with E-state index in [0.717, 1.165) is 27.8 Å². The molecule has 0 unspecified atom stereocenters. The molecule has 2 aromatic rings. The van der Waals surface area contributed by atoms with Gasteiger partial charge in [0, 0.05) is 14.9 Å². The molecule has 0 aliphatic carbocycles. The number of carbonyl (C=O) groups excluding carboxylic acids is 2. The summed E-state index contributed by atoms with van der Waals surface area (Å²) in [4.78, 5) is 23.4. The molecular weight excluding hydrogens is 424 g/mol. The molecule has 0 bridgehead atoms. The Morgan fingerprint density at radius 3 is 1.57 bits per heavy atom. The number of halogens is 4. The quantitative estimate of drug-likeness (QED) is 0.557. The second kappa shape index (κ2) is 6.99. The maximum atomic E-state index is 12.4. The summed E-state index contributed by atoms with van der Waals surface area (Å²) < 4.78 is 38.3. The standard InChI is InChI=1S/C15H10F3IN2O2/c16-15(17,18)9-1-5-11(6-2-9)20-13(22)14(23)21-12-7-3-10(19)4-8-12/h1-8H,(H,20,22)(H,21,23). The van der Waals surface area contributed by atoms with Gasteiger partial charge in [-0.25, -0.2) is 0 Å². The Morgan fingerprint density at radius 2 is 1.17 bits per heavy atom. The van der Waals surface area contributed by atoms with Gasteiger partial charge in [-0.05, 0) is 71.1 Å². The van der Waals surface area contributed by atoms with Gasteiger partial charge in [-0.1, -0.05) is 0 Å². The second-order valence-corrected chi connectivity index (χ2v) is 5.74. The summed E-state index contributed by atoms with van der Waals surface area (Å²) in [6.45, 7) is 0. The van der Waals surface area contributed by atoms with Gasteiger partial charge in [0.25, 0.3) is 0 Å². The Morgan fingerprint density at radius 1 is 0.783 bits per heavy atom. The molecule has 2 aromatic carbocycles. The number of hydrogen-bond acceptors (Lipinski definition) is 2. The number of hydrogen-bond donors (Lipinski definition) is 2. The molecule has 0 saturated carbocycles. The molecule has 0 spiro atoms. The van der Waals surface area contributed by atoms with Crippen molar-refractivity contribution >= 4 is 45.8 Å². The van der Waals surface area contributed by atoms with E-state index in [1.54, 1.807) is 24.3 Å². The van der Waals surface area contributed by atoms with Crippen molar-refractivity contribution in [1.29, 1.82) is 0 Å². The molecule has 0 fully saturated rings. The topological polar surface area (TPSA) is 58.2 Å². The van der Waals surface area contributed by atoms with Crippen LogP contribution >= 0.6 is 22.6 Å². The zero-order valence-electron chi connectivity index (χ0n) is 11.4.